The highest BCUT2D eigenvalue weighted by molar-refractivity contribution is 5.29. The van der Waals surface area contributed by atoms with Gasteiger partial charge in [0, 0.05) is 13.1 Å². The Morgan fingerprint density at radius 2 is 1.90 bits per heavy atom. The first-order valence-corrected chi connectivity index (χ1v) is 6.79. The van der Waals surface area contributed by atoms with Crippen LogP contribution < -0.4 is 10.1 Å². The Kier molecular flexibility index (Phi) is 5.13. The van der Waals surface area contributed by atoms with E-state index < -0.39 is 0 Å². The minimum Gasteiger partial charge on any atom is -0.494 e. The van der Waals surface area contributed by atoms with E-state index in [1.165, 1.54) is 18.7 Å². The van der Waals surface area contributed by atoms with Crippen molar-refractivity contribution < 1.29 is 9.13 Å². The van der Waals surface area contributed by atoms with Crippen LogP contribution in [-0.2, 0) is 6.54 Å². The summed E-state index contributed by atoms with van der Waals surface area (Å²) >= 11 is 0. The summed E-state index contributed by atoms with van der Waals surface area (Å²) < 4.78 is 18.5. The zero-order valence-corrected chi connectivity index (χ0v) is 11.9. The van der Waals surface area contributed by atoms with Crippen molar-refractivity contribution in [3.05, 3.63) is 65.5 Å². The first-order chi connectivity index (χ1) is 9.70. The van der Waals surface area contributed by atoms with Gasteiger partial charge >= 0.3 is 0 Å². The Balaban J connectivity index is 1.85. The summed E-state index contributed by atoms with van der Waals surface area (Å²) in [5.41, 5.74) is 2.23. The summed E-state index contributed by atoms with van der Waals surface area (Å²) in [5, 5.41) is 3.36. The predicted octanol–water partition coefficient (Wildman–Crippen LogP) is 3.73. The summed E-state index contributed by atoms with van der Waals surface area (Å²) in [6.45, 7) is 3.69. The normalized spacial score (nSPS) is 12.2. The highest BCUT2D eigenvalue weighted by Gasteiger charge is 2.06. The van der Waals surface area contributed by atoms with Crippen molar-refractivity contribution in [3.8, 4) is 5.75 Å². The number of ether oxygens (including phenoxy) is 1. The molecule has 0 aliphatic rings. The third-order valence-corrected chi connectivity index (χ3v) is 3.36. The van der Waals surface area contributed by atoms with E-state index in [0.717, 1.165) is 12.1 Å². The van der Waals surface area contributed by atoms with Gasteiger partial charge in [-0.1, -0.05) is 43.3 Å². The van der Waals surface area contributed by atoms with Gasteiger partial charge in [0.05, 0.1) is 7.11 Å². The lowest BCUT2D eigenvalue weighted by Crippen LogP contribution is -2.19. The van der Waals surface area contributed by atoms with Gasteiger partial charge < -0.3 is 10.1 Å². The number of halogens is 1. The van der Waals surface area contributed by atoms with Crippen molar-refractivity contribution in [2.45, 2.75) is 19.4 Å². The van der Waals surface area contributed by atoms with Crippen LogP contribution in [0.1, 0.15) is 24.0 Å². The molecule has 0 spiro atoms. The lowest BCUT2D eigenvalue weighted by Gasteiger charge is -2.13. The van der Waals surface area contributed by atoms with E-state index in [9.17, 15) is 4.39 Å². The van der Waals surface area contributed by atoms with Crippen molar-refractivity contribution in [2.24, 2.45) is 0 Å². The summed E-state index contributed by atoms with van der Waals surface area (Å²) in [4.78, 5) is 0. The molecule has 2 aromatic rings. The van der Waals surface area contributed by atoms with Crippen LogP contribution in [0.3, 0.4) is 0 Å². The van der Waals surface area contributed by atoms with Crippen LogP contribution in [0, 0.1) is 5.82 Å². The molecule has 20 heavy (non-hydrogen) atoms. The van der Waals surface area contributed by atoms with Crippen LogP contribution in [0.2, 0.25) is 0 Å². The van der Waals surface area contributed by atoms with E-state index in [1.54, 1.807) is 6.07 Å². The summed E-state index contributed by atoms with van der Waals surface area (Å²) in [6.07, 6.45) is 0. The molecule has 0 saturated heterocycles. The maximum atomic E-state index is 13.5. The standard InChI is InChI=1S/C17H20FNO/c1-13(15-6-4-3-5-7-15)11-19-12-14-8-9-17(20-2)16(18)10-14/h3-10,13,19H,11-12H2,1-2H3. The number of hydrogen-bond acceptors (Lipinski definition) is 2. The second-order valence-electron chi connectivity index (χ2n) is 4.91. The third kappa shape index (κ3) is 3.81. The van der Waals surface area contributed by atoms with Crippen LogP contribution in [-0.4, -0.2) is 13.7 Å². The van der Waals surface area contributed by atoms with Crippen molar-refractivity contribution in [1.82, 2.24) is 5.32 Å². The summed E-state index contributed by atoms with van der Waals surface area (Å²) in [6, 6.07) is 15.4. The molecular formula is C17H20FNO. The zero-order valence-electron chi connectivity index (χ0n) is 11.9. The molecule has 2 aromatic carbocycles. The number of benzene rings is 2. The minimum atomic E-state index is -0.317. The lowest BCUT2D eigenvalue weighted by atomic mass is 10.0. The average Bonchev–Trinajstić information content (AvgIpc) is 2.48. The molecule has 106 valence electrons. The molecule has 0 amide bonds. The molecule has 0 saturated carbocycles. The van der Waals surface area contributed by atoms with Crippen molar-refractivity contribution in [3.63, 3.8) is 0 Å². The highest BCUT2D eigenvalue weighted by Crippen LogP contribution is 2.18. The fourth-order valence-corrected chi connectivity index (χ4v) is 2.15. The van der Waals surface area contributed by atoms with Gasteiger partial charge in [-0.2, -0.15) is 0 Å². The van der Waals surface area contributed by atoms with E-state index in [1.807, 2.05) is 24.3 Å². The van der Waals surface area contributed by atoms with Gasteiger partial charge in [0.25, 0.3) is 0 Å². The zero-order chi connectivity index (χ0) is 14.4. The Labute approximate surface area is 119 Å². The van der Waals surface area contributed by atoms with Crippen LogP contribution >= 0.6 is 0 Å². The Morgan fingerprint density at radius 3 is 2.55 bits per heavy atom. The van der Waals surface area contributed by atoms with Crippen LogP contribution in [0.5, 0.6) is 5.75 Å². The first-order valence-electron chi connectivity index (χ1n) is 6.79. The van der Waals surface area contributed by atoms with Gasteiger partial charge in [0.2, 0.25) is 0 Å². The number of rotatable bonds is 6. The second kappa shape index (κ2) is 7.06. The molecule has 0 aromatic heterocycles. The monoisotopic (exact) mass is 273 g/mol. The molecule has 0 bridgehead atoms. The van der Waals surface area contributed by atoms with Crippen molar-refractivity contribution >= 4 is 0 Å². The molecule has 2 nitrogen and oxygen atoms in total. The molecule has 0 aliphatic heterocycles. The molecule has 0 heterocycles. The second-order valence-corrected chi connectivity index (χ2v) is 4.91. The first kappa shape index (κ1) is 14.5. The fraction of sp³-hybridized carbons (Fsp3) is 0.294. The SMILES string of the molecule is COc1ccc(CNCC(C)c2ccccc2)cc1F. The van der Waals surface area contributed by atoms with Gasteiger partial charge in [-0.25, -0.2) is 4.39 Å². The maximum Gasteiger partial charge on any atom is 0.165 e. The topological polar surface area (TPSA) is 21.3 Å². The van der Waals surface area contributed by atoms with E-state index in [4.69, 9.17) is 4.74 Å². The smallest absolute Gasteiger partial charge is 0.165 e. The van der Waals surface area contributed by atoms with Crippen molar-refractivity contribution in [2.75, 3.05) is 13.7 Å². The van der Waals surface area contributed by atoms with Gasteiger partial charge in [0.1, 0.15) is 0 Å². The molecule has 0 aliphatic carbocycles. The van der Waals surface area contributed by atoms with Gasteiger partial charge in [-0.05, 0) is 29.2 Å². The largest absolute Gasteiger partial charge is 0.494 e. The fourth-order valence-electron chi connectivity index (χ4n) is 2.15. The summed E-state index contributed by atoms with van der Waals surface area (Å²) in [7, 11) is 1.47. The van der Waals surface area contributed by atoms with E-state index in [2.05, 4.69) is 24.4 Å². The van der Waals surface area contributed by atoms with E-state index in [0.29, 0.717) is 12.5 Å². The molecule has 1 atom stereocenters. The lowest BCUT2D eigenvalue weighted by molar-refractivity contribution is 0.386. The highest BCUT2D eigenvalue weighted by atomic mass is 19.1. The Bertz CT molecular complexity index is 542. The number of nitrogens with one attached hydrogen (secondary N) is 1. The molecule has 1 N–H and O–H groups in total. The quantitative estimate of drug-likeness (QED) is 0.866. The molecular weight excluding hydrogens is 253 g/mol. The maximum absolute atomic E-state index is 13.5. The number of methoxy groups -OCH3 is 1. The molecule has 3 heteroatoms. The molecule has 0 radical (unpaired) electrons. The van der Waals surface area contributed by atoms with E-state index >= 15 is 0 Å². The average molecular weight is 273 g/mol. The van der Waals surface area contributed by atoms with Crippen LogP contribution in [0.25, 0.3) is 0 Å². The number of hydrogen-bond donors (Lipinski definition) is 1. The molecule has 0 fully saturated rings. The molecule has 1 unspecified atom stereocenters. The Hall–Kier alpha value is -1.87. The summed E-state index contributed by atoms with van der Waals surface area (Å²) in [5.74, 6) is 0.397. The van der Waals surface area contributed by atoms with Gasteiger partial charge in [-0.15, -0.1) is 0 Å². The van der Waals surface area contributed by atoms with Crippen LogP contribution in [0.15, 0.2) is 48.5 Å². The van der Waals surface area contributed by atoms with Crippen molar-refractivity contribution in [1.29, 1.82) is 0 Å². The minimum absolute atomic E-state index is 0.284. The third-order valence-electron chi connectivity index (χ3n) is 3.36. The van der Waals surface area contributed by atoms with Gasteiger partial charge in [-0.3, -0.25) is 0 Å². The van der Waals surface area contributed by atoms with Crippen LogP contribution in [0.4, 0.5) is 4.39 Å². The van der Waals surface area contributed by atoms with Gasteiger partial charge in [0.15, 0.2) is 11.6 Å². The molecule has 2 rings (SSSR count). The van der Waals surface area contributed by atoms with E-state index in [-0.39, 0.29) is 11.6 Å². The Morgan fingerprint density at radius 1 is 1.15 bits per heavy atom. The predicted molar refractivity (Wildman–Crippen MR) is 79.5 cm³/mol.